The summed E-state index contributed by atoms with van der Waals surface area (Å²) >= 11 is 0. The van der Waals surface area contributed by atoms with Gasteiger partial charge in [-0.2, -0.15) is 0 Å². The van der Waals surface area contributed by atoms with E-state index < -0.39 is 16.1 Å². The molecule has 7 nitrogen and oxygen atoms in total. The Kier molecular flexibility index (Phi) is 5.36. The van der Waals surface area contributed by atoms with Gasteiger partial charge in [-0.15, -0.1) is 0 Å². The maximum Gasteiger partial charge on any atom is 0.166 e. The van der Waals surface area contributed by atoms with Crippen LogP contribution < -0.4 is 10.0 Å². The second-order valence-electron chi connectivity index (χ2n) is 6.96. The third kappa shape index (κ3) is 3.62. The normalized spacial score (nSPS) is 25.2. The van der Waals surface area contributed by atoms with Crippen LogP contribution in [0.25, 0.3) is 0 Å². The maximum absolute atomic E-state index is 13.1. The van der Waals surface area contributed by atoms with Gasteiger partial charge in [0.25, 0.3) is 0 Å². The van der Waals surface area contributed by atoms with E-state index in [2.05, 4.69) is 28.9 Å². The fourth-order valence-electron chi connectivity index (χ4n) is 3.51. The van der Waals surface area contributed by atoms with Crippen molar-refractivity contribution in [2.24, 2.45) is 13.0 Å². The van der Waals surface area contributed by atoms with Crippen molar-refractivity contribution in [1.82, 2.24) is 14.3 Å². The van der Waals surface area contributed by atoms with E-state index in [1.165, 1.54) is 0 Å². The Hall–Kier alpha value is -1.90. The molecule has 26 heavy (non-hydrogen) atoms. The van der Waals surface area contributed by atoms with E-state index in [1.807, 2.05) is 7.05 Å². The number of aryl methyl sites for hydroxylation is 1. The smallest absolute Gasteiger partial charge is 0.166 e. The molecule has 142 valence electrons. The molecular weight excluding hydrogens is 350 g/mol. The van der Waals surface area contributed by atoms with E-state index in [4.69, 9.17) is 4.78 Å². The number of fused-ring (bicyclic) bond motifs is 1. The number of hydrogen-bond donors (Lipinski definition) is 4. The van der Waals surface area contributed by atoms with Crippen LogP contribution in [0, 0.1) is 10.7 Å². The molecule has 4 atom stereocenters. The number of hydrogen-bond acceptors (Lipinski definition) is 5. The number of nitrogens with one attached hydrogen (secondary N) is 3. The highest BCUT2D eigenvalue weighted by atomic mass is 32.2. The lowest BCUT2D eigenvalue weighted by Crippen LogP contribution is -2.37. The fraction of sp³-hybridized carbons (Fsp3) is 0.500. The molecule has 2 aromatic heterocycles. The fourth-order valence-corrected chi connectivity index (χ4v) is 5.28. The zero-order valence-corrected chi connectivity index (χ0v) is 16.2. The second kappa shape index (κ2) is 7.38. The topological polar surface area (TPSA) is 103 Å². The minimum absolute atomic E-state index is 0.0286. The molecule has 0 bridgehead atoms. The molecule has 0 spiro atoms. The molecule has 0 fully saturated rings. The summed E-state index contributed by atoms with van der Waals surface area (Å²) in [6.45, 7) is 4.22. The van der Waals surface area contributed by atoms with Gasteiger partial charge < -0.3 is 15.0 Å². The molecule has 2 aromatic rings. The summed E-state index contributed by atoms with van der Waals surface area (Å²) in [4.78, 5) is 4.45. The number of aliphatic hydroxyl groups is 1. The molecule has 2 unspecified atom stereocenters. The van der Waals surface area contributed by atoms with E-state index in [0.717, 1.165) is 24.1 Å². The molecule has 0 saturated carbocycles. The Morgan fingerprint density at radius 1 is 1.50 bits per heavy atom. The number of pyridine rings is 1. The molecule has 0 radical (unpaired) electrons. The average Bonchev–Trinajstić information content (AvgIpc) is 2.89. The molecule has 0 aromatic carbocycles. The molecule has 4 N–H and O–H groups in total. The first-order valence-electron chi connectivity index (χ1n) is 8.92. The van der Waals surface area contributed by atoms with Gasteiger partial charge in [0, 0.05) is 37.4 Å². The summed E-state index contributed by atoms with van der Waals surface area (Å²) in [5, 5.41) is 13.8. The van der Waals surface area contributed by atoms with Gasteiger partial charge in [-0.25, -0.2) is 13.7 Å². The molecule has 0 amide bonds. The van der Waals surface area contributed by atoms with E-state index in [0.29, 0.717) is 22.9 Å². The van der Waals surface area contributed by atoms with Crippen molar-refractivity contribution < 1.29 is 9.32 Å². The highest BCUT2D eigenvalue weighted by Gasteiger charge is 2.32. The molecule has 1 aliphatic rings. The maximum atomic E-state index is 13.1. The van der Waals surface area contributed by atoms with Crippen molar-refractivity contribution >= 4 is 15.6 Å². The van der Waals surface area contributed by atoms with Crippen LogP contribution in [-0.2, 0) is 23.4 Å². The molecule has 8 heteroatoms. The Labute approximate surface area is 155 Å². The predicted molar refractivity (Wildman–Crippen MR) is 102 cm³/mol. The number of rotatable bonds is 5. The average molecular weight is 378 g/mol. The van der Waals surface area contributed by atoms with Crippen LogP contribution >= 0.6 is 0 Å². The largest absolute Gasteiger partial charge is 0.368 e. The lowest BCUT2D eigenvalue weighted by atomic mass is 9.94. The van der Waals surface area contributed by atoms with Gasteiger partial charge in [0.1, 0.15) is 9.92 Å². The van der Waals surface area contributed by atoms with Crippen molar-refractivity contribution in [3.8, 4) is 0 Å². The van der Waals surface area contributed by atoms with Gasteiger partial charge in [-0.3, -0.25) is 4.98 Å². The van der Waals surface area contributed by atoms with Gasteiger partial charge in [-0.1, -0.05) is 20.3 Å². The van der Waals surface area contributed by atoms with E-state index in [-0.39, 0.29) is 6.04 Å². The van der Waals surface area contributed by atoms with Crippen molar-refractivity contribution in [1.29, 1.82) is 4.78 Å². The van der Waals surface area contributed by atoms with Gasteiger partial charge in [0.05, 0.1) is 10.6 Å². The van der Waals surface area contributed by atoms with E-state index in [9.17, 15) is 9.32 Å². The minimum Gasteiger partial charge on any atom is -0.368 e. The van der Waals surface area contributed by atoms with Crippen LogP contribution in [0.3, 0.4) is 0 Å². The number of anilines is 1. The van der Waals surface area contributed by atoms with Crippen LogP contribution in [0.5, 0.6) is 0 Å². The van der Waals surface area contributed by atoms with Crippen LogP contribution in [0.1, 0.15) is 44.2 Å². The Morgan fingerprint density at radius 3 is 2.85 bits per heavy atom. The first kappa shape index (κ1) is 18.9. The van der Waals surface area contributed by atoms with Crippen molar-refractivity contribution in [2.45, 2.75) is 50.3 Å². The van der Waals surface area contributed by atoms with Gasteiger partial charge in [-0.05, 0) is 36.5 Å². The summed E-state index contributed by atoms with van der Waals surface area (Å²) in [6.07, 6.45) is 6.49. The Morgan fingerprint density at radius 2 is 2.19 bits per heavy atom. The Bertz CT molecular complexity index is 863. The third-order valence-electron chi connectivity index (χ3n) is 5.20. The third-order valence-corrected chi connectivity index (χ3v) is 6.81. The van der Waals surface area contributed by atoms with Gasteiger partial charge in [0.2, 0.25) is 0 Å². The molecule has 0 saturated heterocycles. The van der Waals surface area contributed by atoms with Crippen molar-refractivity contribution in [2.75, 3.05) is 5.32 Å². The number of aromatic nitrogens is 2. The zero-order chi connectivity index (χ0) is 18.9. The second-order valence-corrected chi connectivity index (χ2v) is 8.74. The summed E-state index contributed by atoms with van der Waals surface area (Å²) in [6, 6.07) is 3.58. The predicted octanol–water partition coefficient (Wildman–Crippen LogP) is 2.79. The standard InChI is InChI=1S/C18H27N5O2S/c1-4-12(2)15-6-5-14-16(26(19,25)22-15)11-23(3)17(14)18(24)21-13-7-9-20-10-8-13/h7-12,15,18,24H,4-6H2,1-3H3,(H,20,21)(H2,19,22,25)/t12-,15-,18?,26?/m0/s1. The summed E-state index contributed by atoms with van der Waals surface area (Å²) in [5.74, 6) is 0.335. The van der Waals surface area contributed by atoms with E-state index >= 15 is 0 Å². The van der Waals surface area contributed by atoms with Crippen LogP contribution in [-0.4, -0.2) is 24.9 Å². The molecule has 0 aliphatic carbocycles. The van der Waals surface area contributed by atoms with Crippen molar-refractivity contribution in [3.63, 3.8) is 0 Å². The van der Waals surface area contributed by atoms with Crippen LogP contribution in [0.2, 0.25) is 0 Å². The first-order chi connectivity index (χ1) is 12.3. The number of aliphatic hydroxyl groups excluding tert-OH is 1. The SMILES string of the molecule is CC[C@H](C)[C@@H]1CCc2c(cn(C)c2C(O)Nc2ccncc2)S(=N)(=O)N1. The first-order valence-corrected chi connectivity index (χ1v) is 10.5. The minimum atomic E-state index is -3.11. The monoisotopic (exact) mass is 377 g/mol. The Balaban J connectivity index is 1.95. The lowest BCUT2D eigenvalue weighted by Gasteiger charge is -2.23. The van der Waals surface area contributed by atoms with Gasteiger partial charge in [0.15, 0.2) is 6.23 Å². The highest BCUT2D eigenvalue weighted by Crippen LogP contribution is 2.33. The summed E-state index contributed by atoms with van der Waals surface area (Å²) < 4.78 is 26.3. The summed E-state index contributed by atoms with van der Waals surface area (Å²) in [5.41, 5.74) is 2.21. The lowest BCUT2D eigenvalue weighted by molar-refractivity contribution is 0.198. The highest BCUT2D eigenvalue weighted by molar-refractivity contribution is 7.90. The molecule has 3 heterocycles. The molecule has 1 aliphatic heterocycles. The molecule has 3 rings (SSSR count). The van der Waals surface area contributed by atoms with Crippen LogP contribution in [0.15, 0.2) is 35.6 Å². The molecular formula is C18H27N5O2S. The van der Waals surface area contributed by atoms with E-state index in [1.54, 1.807) is 35.3 Å². The van der Waals surface area contributed by atoms with Gasteiger partial charge >= 0.3 is 0 Å². The number of nitrogens with zero attached hydrogens (tertiary/aromatic N) is 2. The quantitative estimate of drug-likeness (QED) is 0.602. The van der Waals surface area contributed by atoms with Crippen molar-refractivity contribution in [3.05, 3.63) is 42.0 Å². The zero-order valence-electron chi connectivity index (χ0n) is 15.4. The summed E-state index contributed by atoms with van der Waals surface area (Å²) in [7, 11) is -1.30. The van der Waals surface area contributed by atoms with Crippen LogP contribution in [0.4, 0.5) is 5.69 Å².